The molecule has 0 atom stereocenters. The lowest BCUT2D eigenvalue weighted by molar-refractivity contribution is -0.127. The van der Waals surface area contributed by atoms with E-state index in [-0.39, 0.29) is 11.1 Å². The molecule has 0 radical (unpaired) electrons. The van der Waals surface area contributed by atoms with Crippen LogP contribution in [0.2, 0.25) is 0 Å². The minimum atomic E-state index is -4.35. The fourth-order valence-electron chi connectivity index (χ4n) is 1.63. The molecule has 0 heterocycles. The van der Waals surface area contributed by atoms with Gasteiger partial charge in [-0.2, -0.15) is 13.2 Å². The number of halogens is 3. The van der Waals surface area contributed by atoms with Crippen molar-refractivity contribution in [3.05, 3.63) is 34.9 Å². The second kappa shape index (κ2) is 5.39. The van der Waals surface area contributed by atoms with Crippen LogP contribution in [0.1, 0.15) is 21.5 Å². The summed E-state index contributed by atoms with van der Waals surface area (Å²) in [5.41, 5.74) is 0.371. The molecule has 0 aliphatic rings. The summed E-state index contributed by atoms with van der Waals surface area (Å²) in [6.07, 6.45) is -5.46. The van der Waals surface area contributed by atoms with E-state index in [2.05, 4.69) is 0 Å². The van der Waals surface area contributed by atoms with Gasteiger partial charge in [0, 0.05) is 6.54 Å². The van der Waals surface area contributed by atoms with Crippen molar-refractivity contribution < 1.29 is 23.1 Å². The highest BCUT2D eigenvalue weighted by molar-refractivity contribution is 5.87. The highest BCUT2D eigenvalue weighted by Gasteiger charge is 2.29. The smallest absolute Gasteiger partial charge is 0.393 e. The Kier molecular flexibility index (Phi) is 4.34. The summed E-state index contributed by atoms with van der Waals surface area (Å²) < 4.78 is 37.3. The predicted octanol–water partition coefficient (Wildman–Crippen LogP) is 2.55. The largest absolute Gasteiger partial charge is 0.478 e. The number of alkyl halides is 3. The first-order chi connectivity index (χ1) is 8.19. The average molecular weight is 261 g/mol. The van der Waals surface area contributed by atoms with E-state index in [1.807, 2.05) is 0 Å². The molecule has 100 valence electrons. The molecule has 0 saturated carbocycles. The van der Waals surface area contributed by atoms with Crippen LogP contribution in [0.15, 0.2) is 18.2 Å². The molecule has 1 rings (SSSR count). The maximum absolute atomic E-state index is 12.4. The number of rotatable bonds is 4. The second-order valence-corrected chi connectivity index (χ2v) is 4.32. The monoisotopic (exact) mass is 261 g/mol. The molecule has 0 fully saturated rings. The van der Waals surface area contributed by atoms with Gasteiger partial charge in [-0.1, -0.05) is 6.07 Å². The van der Waals surface area contributed by atoms with Gasteiger partial charge in [0.05, 0.1) is 12.0 Å². The zero-order valence-electron chi connectivity index (χ0n) is 10.1. The Morgan fingerprint density at radius 2 is 1.89 bits per heavy atom. The van der Waals surface area contributed by atoms with Gasteiger partial charge in [0.1, 0.15) is 0 Å². The Labute approximate surface area is 103 Å². The standard InChI is InChI=1S/C12H14F3NO2/c1-16(2)7-9-4-3-8(11(17)18)5-10(9)6-12(13,14)15/h3-5H,6-7H2,1-2H3,(H,17,18). The van der Waals surface area contributed by atoms with E-state index in [0.29, 0.717) is 12.1 Å². The first kappa shape index (κ1) is 14.5. The summed E-state index contributed by atoms with van der Waals surface area (Å²) >= 11 is 0. The van der Waals surface area contributed by atoms with E-state index >= 15 is 0 Å². The van der Waals surface area contributed by atoms with Gasteiger partial charge in [-0.05, 0) is 37.4 Å². The summed E-state index contributed by atoms with van der Waals surface area (Å²) in [7, 11) is 3.48. The first-order valence-electron chi connectivity index (χ1n) is 5.25. The number of carbonyl (C=O) groups is 1. The molecule has 0 aromatic heterocycles. The van der Waals surface area contributed by atoms with Crippen LogP contribution in [-0.2, 0) is 13.0 Å². The van der Waals surface area contributed by atoms with Crippen molar-refractivity contribution in [1.82, 2.24) is 4.90 Å². The normalized spacial score (nSPS) is 11.9. The van der Waals surface area contributed by atoms with Crippen molar-refractivity contribution in [3.8, 4) is 0 Å². The van der Waals surface area contributed by atoms with Crippen molar-refractivity contribution in [3.63, 3.8) is 0 Å². The van der Waals surface area contributed by atoms with Crippen LogP contribution in [0.4, 0.5) is 13.2 Å². The number of aromatic carboxylic acids is 1. The Balaban J connectivity index is 3.13. The fourth-order valence-corrected chi connectivity index (χ4v) is 1.63. The van der Waals surface area contributed by atoms with Crippen molar-refractivity contribution in [1.29, 1.82) is 0 Å². The number of hydrogen-bond acceptors (Lipinski definition) is 2. The van der Waals surface area contributed by atoms with E-state index in [1.54, 1.807) is 19.0 Å². The molecular formula is C12H14F3NO2. The lowest BCUT2D eigenvalue weighted by atomic mass is 10.0. The zero-order chi connectivity index (χ0) is 13.9. The first-order valence-corrected chi connectivity index (χ1v) is 5.25. The lowest BCUT2D eigenvalue weighted by Gasteiger charge is -2.16. The van der Waals surface area contributed by atoms with E-state index in [9.17, 15) is 18.0 Å². The Morgan fingerprint density at radius 1 is 1.28 bits per heavy atom. The Bertz CT molecular complexity index is 441. The summed E-state index contributed by atoms with van der Waals surface area (Å²) in [6.45, 7) is 0.339. The summed E-state index contributed by atoms with van der Waals surface area (Å²) in [4.78, 5) is 12.5. The van der Waals surface area contributed by atoms with Crippen molar-refractivity contribution >= 4 is 5.97 Å². The van der Waals surface area contributed by atoms with Gasteiger partial charge >= 0.3 is 12.1 Å². The molecule has 18 heavy (non-hydrogen) atoms. The van der Waals surface area contributed by atoms with Crippen molar-refractivity contribution in [2.24, 2.45) is 0 Å². The number of carboxylic acids is 1. The molecule has 1 N–H and O–H groups in total. The Hall–Kier alpha value is -1.56. The maximum Gasteiger partial charge on any atom is 0.393 e. The third-order valence-corrected chi connectivity index (χ3v) is 2.33. The van der Waals surface area contributed by atoms with Crippen LogP contribution < -0.4 is 0 Å². The van der Waals surface area contributed by atoms with E-state index in [0.717, 1.165) is 6.07 Å². The number of nitrogens with zero attached hydrogens (tertiary/aromatic N) is 1. The fraction of sp³-hybridized carbons (Fsp3) is 0.417. The summed E-state index contributed by atoms with van der Waals surface area (Å²) in [5.74, 6) is -1.23. The number of benzene rings is 1. The quantitative estimate of drug-likeness (QED) is 0.905. The molecule has 1 aromatic rings. The second-order valence-electron chi connectivity index (χ2n) is 4.32. The van der Waals surface area contributed by atoms with Crippen LogP contribution in [0.25, 0.3) is 0 Å². The summed E-state index contributed by atoms with van der Waals surface area (Å²) in [6, 6.07) is 3.85. The minimum Gasteiger partial charge on any atom is -0.478 e. The van der Waals surface area contributed by atoms with Crippen LogP contribution in [0.3, 0.4) is 0 Å². The van der Waals surface area contributed by atoms with Gasteiger partial charge < -0.3 is 10.0 Å². The molecule has 1 aromatic carbocycles. The van der Waals surface area contributed by atoms with Crippen LogP contribution in [0.5, 0.6) is 0 Å². The third-order valence-electron chi connectivity index (χ3n) is 2.33. The van der Waals surface area contributed by atoms with Crippen molar-refractivity contribution in [2.45, 2.75) is 19.1 Å². The predicted molar refractivity (Wildman–Crippen MR) is 60.6 cm³/mol. The van der Waals surface area contributed by atoms with Crippen LogP contribution >= 0.6 is 0 Å². The highest BCUT2D eigenvalue weighted by atomic mass is 19.4. The molecule has 3 nitrogen and oxygen atoms in total. The molecule has 0 aliphatic carbocycles. The number of hydrogen-bond donors (Lipinski definition) is 1. The van der Waals surface area contributed by atoms with Gasteiger partial charge in [0.2, 0.25) is 0 Å². The topological polar surface area (TPSA) is 40.5 Å². The SMILES string of the molecule is CN(C)Cc1ccc(C(=O)O)cc1CC(F)(F)F. The van der Waals surface area contributed by atoms with Gasteiger partial charge in [-0.3, -0.25) is 0 Å². The van der Waals surface area contributed by atoms with Crippen molar-refractivity contribution in [2.75, 3.05) is 14.1 Å². The molecule has 0 spiro atoms. The molecule has 0 amide bonds. The molecular weight excluding hydrogens is 247 g/mol. The molecule has 0 bridgehead atoms. The molecule has 6 heteroatoms. The summed E-state index contributed by atoms with van der Waals surface area (Å²) in [5, 5.41) is 8.79. The van der Waals surface area contributed by atoms with E-state index < -0.39 is 18.6 Å². The van der Waals surface area contributed by atoms with Gasteiger partial charge in [-0.15, -0.1) is 0 Å². The molecule has 0 unspecified atom stereocenters. The average Bonchev–Trinajstić information content (AvgIpc) is 2.17. The maximum atomic E-state index is 12.4. The Morgan fingerprint density at radius 3 is 2.33 bits per heavy atom. The van der Waals surface area contributed by atoms with E-state index in [4.69, 9.17) is 5.11 Å². The number of carboxylic acid groups (broad SMARTS) is 1. The van der Waals surface area contributed by atoms with Crippen LogP contribution in [0, 0.1) is 0 Å². The van der Waals surface area contributed by atoms with Gasteiger partial charge in [0.25, 0.3) is 0 Å². The van der Waals surface area contributed by atoms with E-state index in [1.165, 1.54) is 12.1 Å². The van der Waals surface area contributed by atoms with Crippen LogP contribution in [-0.4, -0.2) is 36.2 Å². The highest BCUT2D eigenvalue weighted by Crippen LogP contribution is 2.25. The zero-order valence-corrected chi connectivity index (χ0v) is 10.1. The lowest BCUT2D eigenvalue weighted by Crippen LogP contribution is -2.17. The molecule has 0 aliphatic heterocycles. The van der Waals surface area contributed by atoms with Gasteiger partial charge in [0.15, 0.2) is 0 Å². The molecule has 0 saturated heterocycles. The van der Waals surface area contributed by atoms with Gasteiger partial charge in [-0.25, -0.2) is 4.79 Å². The minimum absolute atomic E-state index is 0.0103. The third kappa shape index (κ3) is 4.37.